The number of nitrogens with zero attached hydrogens (tertiary/aromatic N) is 3. The Balaban J connectivity index is 1.49. The first-order chi connectivity index (χ1) is 15.7. The van der Waals surface area contributed by atoms with Crippen LogP contribution < -0.4 is 5.73 Å². The normalized spacial score (nSPS) is 20.1. The Hall–Kier alpha value is -3.80. The summed E-state index contributed by atoms with van der Waals surface area (Å²) in [4.78, 5) is 21.5. The van der Waals surface area contributed by atoms with Crippen LogP contribution in [0.15, 0.2) is 96.0 Å². The van der Waals surface area contributed by atoms with E-state index in [2.05, 4.69) is 9.89 Å². The molecule has 0 spiro atoms. The molecule has 0 bridgehead atoms. The van der Waals surface area contributed by atoms with E-state index in [9.17, 15) is 4.79 Å². The van der Waals surface area contributed by atoms with Crippen LogP contribution in [0.2, 0.25) is 0 Å². The maximum Gasteiger partial charge on any atom is 0.411 e. The van der Waals surface area contributed by atoms with Gasteiger partial charge in [0.2, 0.25) is 0 Å². The molecule has 1 amide bonds. The van der Waals surface area contributed by atoms with Gasteiger partial charge in [-0.25, -0.2) is 9.79 Å². The minimum Gasteiger partial charge on any atom is -0.431 e. The Labute approximate surface area is 187 Å². The number of amides is 1. The lowest BCUT2D eigenvalue weighted by Gasteiger charge is -2.42. The first kappa shape index (κ1) is 20.1. The van der Waals surface area contributed by atoms with Crippen molar-refractivity contribution in [2.24, 2.45) is 10.7 Å². The molecule has 2 saturated heterocycles. The smallest absolute Gasteiger partial charge is 0.411 e. The molecule has 6 nitrogen and oxygen atoms in total. The number of carbonyl (C=O) groups excluding carboxylic acids is 1. The molecule has 0 saturated carbocycles. The van der Waals surface area contributed by atoms with Crippen molar-refractivity contribution in [1.82, 2.24) is 9.80 Å². The number of carbonyl (C=O) groups is 1. The Morgan fingerprint density at radius 3 is 2.06 bits per heavy atom. The molecule has 6 heteroatoms. The highest BCUT2D eigenvalue weighted by molar-refractivity contribution is 5.80. The molecule has 32 heavy (non-hydrogen) atoms. The van der Waals surface area contributed by atoms with Gasteiger partial charge in [0.05, 0.1) is 6.54 Å². The van der Waals surface area contributed by atoms with Crippen molar-refractivity contribution in [3.05, 3.63) is 108 Å². The maximum absolute atomic E-state index is 13.0. The van der Waals surface area contributed by atoms with Crippen LogP contribution in [-0.2, 0) is 16.9 Å². The van der Waals surface area contributed by atoms with E-state index in [0.29, 0.717) is 32.1 Å². The summed E-state index contributed by atoms with van der Waals surface area (Å²) < 4.78 is 6.21. The number of nitrogens with two attached hydrogens (primary N) is 1. The number of cyclic esters (lactones) is 1. The van der Waals surface area contributed by atoms with Gasteiger partial charge in [-0.3, -0.25) is 4.90 Å². The highest BCUT2D eigenvalue weighted by atomic mass is 16.6. The molecule has 1 atom stereocenters. The molecule has 5 rings (SSSR count). The molecule has 0 radical (unpaired) electrons. The van der Waals surface area contributed by atoms with Crippen molar-refractivity contribution < 1.29 is 9.53 Å². The minimum absolute atomic E-state index is 0.223. The molecular weight excluding hydrogens is 400 g/mol. The van der Waals surface area contributed by atoms with Gasteiger partial charge in [-0.05, 0) is 5.56 Å². The van der Waals surface area contributed by atoms with Gasteiger partial charge in [0.15, 0.2) is 11.6 Å². The Kier molecular flexibility index (Phi) is 5.27. The lowest BCUT2D eigenvalue weighted by atomic mass is 9.79. The highest BCUT2D eigenvalue weighted by Gasteiger charge is 2.58. The second kappa shape index (κ2) is 8.38. The first-order valence-corrected chi connectivity index (χ1v) is 10.9. The van der Waals surface area contributed by atoms with E-state index in [0.717, 1.165) is 16.7 Å². The molecule has 2 N–H and O–H groups in total. The standard InChI is InChI=1S/C26H26N4O2/c27-24(28-18-20-10-4-1-5-11-20)29-16-17-30-23(19-29)26(32-25(30)31,21-12-6-2-7-13-21)22-14-8-3-9-15-22/h1-15,23H,16-19H2,(H2,27,28). The average Bonchev–Trinajstić information content (AvgIpc) is 3.17. The summed E-state index contributed by atoms with van der Waals surface area (Å²) in [5.74, 6) is 0.489. The van der Waals surface area contributed by atoms with Crippen molar-refractivity contribution in [3.8, 4) is 0 Å². The lowest BCUT2D eigenvalue weighted by Crippen LogP contribution is -2.59. The zero-order valence-electron chi connectivity index (χ0n) is 17.8. The fourth-order valence-corrected chi connectivity index (χ4v) is 4.72. The fourth-order valence-electron chi connectivity index (χ4n) is 4.72. The van der Waals surface area contributed by atoms with Gasteiger partial charge >= 0.3 is 6.09 Å². The van der Waals surface area contributed by atoms with Crippen molar-refractivity contribution >= 4 is 12.1 Å². The van der Waals surface area contributed by atoms with Crippen molar-refractivity contribution in [2.75, 3.05) is 19.6 Å². The molecule has 2 aliphatic heterocycles. The Morgan fingerprint density at radius 1 is 0.906 bits per heavy atom. The predicted octanol–water partition coefficient (Wildman–Crippen LogP) is 3.58. The largest absolute Gasteiger partial charge is 0.431 e. The van der Waals surface area contributed by atoms with Crippen LogP contribution in [0.3, 0.4) is 0 Å². The van der Waals surface area contributed by atoms with Crippen molar-refractivity contribution in [2.45, 2.75) is 18.2 Å². The van der Waals surface area contributed by atoms with Gasteiger partial charge in [-0.15, -0.1) is 0 Å². The third-order valence-electron chi connectivity index (χ3n) is 6.33. The van der Waals surface area contributed by atoms with E-state index in [1.807, 2.05) is 95.9 Å². The number of ether oxygens (including phenoxy) is 1. The van der Waals surface area contributed by atoms with E-state index < -0.39 is 5.60 Å². The maximum atomic E-state index is 13.0. The van der Waals surface area contributed by atoms with Crippen LogP contribution in [0.5, 0.6) is 0 Å². The summed E-state index contributed by atoms with van der Waals surface area (Å²) in [5.41, 5.74) is 8.52. The lowest BCUT2D eigenvalue weighted by molar-refractivity contribution is 0.0561. The van der Waals surface area contributed by atoms with Crippen molar-refractivity contribution in [1.29, 1.82) is 0 Å². The second-order valence-corrected chi connectivity index (χ2v) is 8.15. The van der Waals surface area contributed by atoms with E-state index in [4.69, 9.17) is 10.5 Å². The van der Waals surface area contributed by atoms with E-state index in [1.165, 1.54) is 0 Å². The summed E-state index contributed by atoms with van der Waals surface area (Å²) >= 11 is 0. The molecule has 0 aromatic heterocycles. The summed E-state index contributed by atoms with van der Waals surface area (Å²) in [6.07, 6.45) is -0.290. The van der Waals surface area contributed by atoms with Crippen LogP contribution in [0.4, 0.5) is 4.79 Å². The molecule has 2 aliphatic rings. The third kappa shape index (κ3) is 3.47. The number of fused-ring (bicyclic) bond motifs is 1. The summed E-state index contributed by atoms with van der Waals surface area (Å²) in [6.45, 7) is 2.22. The molecule has 1 unspecified atom stereocenters. The van der Waals surface area contributed by atoms with E-state index in [-0.39, 0.29) is 12.1 Å². The van der Waals surface area contributed by atoms with Crippen LogP contribution >= 0.6 is 0 Å². The third-order valence-corrected chi connectivity index (χ3v) is 6.33. The summed E-state index contributed by atoms with van der Waals surface area (Å²) in [5, 5.41) is 0. The summed E-state index contributed by atoms with van der Waals surface area (Å²) in [7, 11) is 0. The SMILES string of the molecule is NC(=NCc1ccccc1)N1CCN2C(=O)OC(c3ccccc3)(c3ccccc3)C2C1. The van der Waals surface area contributed by atoms with Crippen LogP contribution in [0, 0.1) is 0 Å². The van der Waals surface area contributed by atoms with Crippen LogP contribution in [0.25, 0.3) is 0 Å². The van der Waals surface area contributed by atoms with Gasteiger partial charge in [0.25, 0.3) is 0 Å². The van der Waals surface area contributed by atoms with Gasteiger partial charge in [0.1, 0.15) is 6.04 Å². The van der Waals surface area contributed by atoms with Gasteiger partial charge < -0.3 is 15.4 Å². The monoisotopic (exact) mass is 426 g/mol. The number of hydrogen-bond donors (Lipinski definition) is 1. The Bertz CT molecular complexity index is 1060. The quantitative estimate of drug-likeness (QED) is 0.511. The van der Waals surface area contributed by atoms with Gasteiger partial charge in [0, 0.05) is 30.8 Å². The Morgan fingerprint density at radius 2 is 1.47 bits per heavy atom. The number of aliphatic imine (C=N–C) groups is 1. The highest BCUT2D eigenvalue weighted by Crippen LogP contribution is 2.45. The van der Waals surface area contributed by atoms with E-state index >= 15 is 0 Å². The van der Waals surface area contributed by atoms with Crippen LogP contribution in [0.1, 0.15) is 16.7 Å². The van der Waals surface area contributed by atoms with Gasteiger partial charge in [-0.2, -0.15) is 0 Å². The number of guanidine groups is 1. The minimum atomic E-state index is -0.905. The number of rotatable bonds is 4. The van der Waals surface area contributed by atoms with E-state index in [1.54, 1.807) is 0 Å². The zero-order chi connectivity index (χ0) is 22.0. The van der Waals surface area contributed by atoms with Crippen molar-refractivity contribution in [3.63, 3.8) is 0 Å². The first-order valence-electron chi connectivity index (χ1n) is 10.9. The predicted molar refractivity (Wildman–Crippen MR) is 124 cm³/mol. The molecular formula is C26H26N4O2. The molecule has 3 aromatic carbocycles. The molecule has 0 aliphatic carbocycles. The zero-order valence-corrected chi connectivity index (χ0v) is 17.8. The summed E-state index contributed by atoms with van der Waals surface area (Å²) in [6, 6.07) is 29.8. The number of hydrogen-bond acceptors (Lipinski definition) is 3. The fraction of sp³-hybridized carbons (Fsp3) is 0.231. The topological polar surface area (TPSA) is 71.2 Å². The molecule has 2 heterocycles. The molecule has 2 fully saturated rings. The second-order valence-electron chi connectivity index (χ2n) is 8.15. The van der Waals surface area contributed by atoms with Gasteiger partial charge in [-0.1, -0.05) is 91.0 Å². The number of piperazine rings is 1. The average molecular weight is 427 g/mol. The van der Waals surface area contributed by atoms with Crippen LogP contribution in [-0.4, -0.2) is 47.5 Å². The number of benzene rings is 3. The molecule has 3 aromatic rings. The molecule has 162 valence electrons.